The molecule has 0 amide bonds. The maximum absolute atomic E-state index is 5.75. The molecule has 1 aromatic carbocycles. The Hall–Kier alpha value is -0.740. The van der Waals surface area contributed by atoms with Gasteiger partial charge in [0.05, 0.1) is 17.7 Å². The molecule has 88 valence electrons. The van der Waals surface area contributed by atoms with Crippen LogP contribution in [0.3, 0.4) is 0 Å². The van der Waals surface area contributed by atoms with Crippen molar-refractivity contribution in [1.29, 1.82) is 0 Å². The fraction of sp³-hybridized carbons (Fsp3) is 0.500. The SMILES string of the molecule is Cc1c(CCN)cc(Br)c2c1OCCCO2. The second kappa shape index (κ2) is 5.06. The van der Waals surface area contributed by atoms with E-state index in [9.17, 15) is 0 Å². The minimum atomic E-state index is 0.646. The van der Waals surface area contributed by atoms with E-state index >= 15 is 0 Å². The lowest BCUT2D eigenvalue weighted by molar-refractivity contribution is 0.296. The number of nitrogens with two attached hydrogens (primary N) is 1. The zero-order valence-electron chi connectivity index (χ0n) is 9.38. The van der Waals surface area contributed by atoms with Crippen LogP contribution in [0.25, 0.3) is 0 Å². The third-order valence-electron chi connectivity index (χ3n) is 2.74. The highest BCUT2D eigenvalue weighted by atomic mass is 79.9. The summed E-state index contributed by atoms with van der Waals surface area (Å²) in [7, 11) is 0. The summed E-state index contributed by atoms with van der Waals surface area (Å²) in [5.41, 5.74) is 7.96. The van der Waals surface area contributed by atoms with Gasteiger partial charge in [-0.3, -0.25) is 0 Å². The van der Waals surface area contributed by atoms with Gasteiger partial charge < -0.3 is 15.2 Å². The van der Waals surface area contributed by atoms with E-state index in [0.717, 1.165) is 34.4 Å². The van der Waals surface area contributed by atoms with E-state index < -0.39 is 0 Å². The van der Waals surface area contributed by atoms with Crippen LogP contribution >= 0.6 is 15.9 Å². The van der Waals surface area contributed by atoms with Crippen LogP contribution in [0.2, 0.25) is 0 Å². The van der Waals surface area contributed by atoms with Crippen molar-refractivity contribution >= 4 is 15.9 Å². The molecule has 0 bridgehead atoms. The van der Waals surface area contributed by atoms with Crippen LogP contribution in [0.4, 0.5) is 0 Å². The summed E-state index contributed by atoms with van der Waals surface area (Å²) in [5, 5.41) is 0. The van der Waals surface area contributed by atoms with E-state index in [0.29, 0.717) is 19.8 Å². The predicted octanol–water partition coefficient (Wildman–Crippen LogP) is 2.42. The fourth-order valence-corrected chi connectivity index (χ4v) is 2.45. The highest BCUT2D eigenvalue weighted by Crippen LogP contribution is 2.41. The monoisotopic (exact) mass is 285 g/mol. The maximum Gasteiger partial charge on any atom is 0.175 e. The van der Waals surface area contributed by atoms with Gasteiger partial charge in [0.2, 0.25) is 0 Å². The van der Waals surface area contributed by atoms with Gasteiger partial charge in [-0.25, -0.2) is 0 Å². The Morgan fingerprint density at radius 3 is 2.69 bits per heavy atom. The molecule has 0 saturated heterocycles. The molecule has 0 aliphatic carbocycles. The van der Waals surface area contributed by atoms with Crippen LogP contribution in [-0.2, 0) is 6.42 Å². The molecular weight excluding hydrogens is 270 g/mol. The lowest BCUT2D eigenvalue weighted by Crippen LogP contribution is -2.06. The molecule has 1 heterocycles. The summed E-state index contributed by atoms with van der Waals surface area (Å²) in [5.74, 6) is 1.70. The lowest BCUT2D eigenvalue weighted by atomic mass is 10.0. The molecule has 1 aliphatic heterocycles. The minimum absolute atomic E-state index is 0.646. The Balaban J connectivity index is 2.47. The van der Waals surface area contributed by atoms with Gasteiger partial charge in [-0.15, -0.1) is 0 Å². The average Bonchev–Trinajstić information content (AvgIpc) is 2.51. The number of benzene rings is 1. The van der Waals surface area contributed by atoms with Crippen LogP contribution in [0.15, 0.2) is 10.5 Å². The van der Waals surface area contributed by atoms with E-state index in [1.54, 1.807) is 0 Å². The number of hydrogen-bond donors (Lipinski definition) is 1. The van der Waals surface area contributed by atoms with Crippen molar-refractivity contribution < 1.29 is 9.47 Å². The molecule has 0 radical (unpaired) electrons. The summed E-state index contributed by atoms with van der Waals surface area (Å²) in [4.78, 5) is 0. The van der Waals surface area contributed by atoms with Gasteiger partial charge in [-0.1, -0.05) is 0 Å². The van der Waals surface area contributed by atoms with Crippen molar-refractivity contribution in [2.45, 2.75) is 19.8 Å². The van der Waals surface area contributed by atoms with Gasteiger partial charge in [0, 0.05) is 6.42 Å². The van der Waals surface area contributed by atoms with Crippen molar-refractivity contribution in [2.24, 2.45) is 5.73 Å². The second-order valence-corrected chi connectivity index (χ2v) is 4.74. The molecule has 2 N–H and O–H groups in total. The van der Waals surface area contributed by atoms with E-state index in [4.69, 9.17) is 15.2 Å². The molecule has 0 aromatic heterocycles. The van der Waals surface area contributed by atoms with Crippen molar-refractivity contribution in [3.8, 4) is 11.5 Å². The largest absolute Gasteiger partial charge is 0.489 e. The third-order valence-corrected chi connectivity index (χ3v) is 3.33. The molecule has 2 rings (SSSR count). The zero-order chi connectivity index (χ0) is 11.5. The van der Waals surface area contributed by atoms with Gasteiger partial charge in [-0.2, -0.15) is 0 Å². The summed E-state index contributed by atoms with van der Waals surface area (Å²) in [6.07, 6.45) is 1.79. The van der Waals surface area contributed by atoms with Gasteiger partial charge >= 0.3 is 0 Å². The lowest BCUT2D eigenvalue weighted by Gasteiger charge is -2.15. The fourth-order valence-electron chi connectivity index (χ4n) is 1.88. The summed E-state index contributed by atoms with van der Waals surface area (Å²) >= 11 is 3.53. The minimum Gasteiger partial charge on any atom is -0.489 e. The van der Waals surface area contributed by atoms with E-state index in [1.165, 1.54) is 5.56 Å². The molecule has 0 unspecified atom stereocenters. The molecule has 0 fully saturated rings. The number of fused-ring (bicyclic) bond motifs is 1. The molecule has 0 atom stereocenters. The normalized spacial score (nSPS) is 14.7. The Labute approximate surface area is 104 Å². The predicted molar refractivity (Wildman–Crippen MR) is 67.2 cm³/mol. The molecule has 4 heteroatoms. The smallest absolute Gasteiger partial charge is 0.175 e. The van der Waals surface area contributed by atoms with E-state index in [1.807, 2.05) is 0 Å². The van der Waals surface area contributed by atoms with Crippen LogP contribution in [0, 0.1) is 6.92 Å². The summed E-state index contributed by atoms with van der Waals surface area (Å²) in [6.45, 7) is 4.13. The quantitative estimate of drug-likeness (QED) is 0.908. The number of ether oxygens (including phenoxy) is 2. The van der Waals surface area contributed by atoms with Crippen LogP contribution in [0.1, 0.15) is 17.5 Å². The first-order valence-electron chi connectivity index (χ1n) is 5.51. The van der Waals surface area contributed by atoms with Crippen molar-refractivity contribution in [3.63, 3.8) is 0 Å². The Morgan fingerprint density at radius 2 is 2.00 bits per heavy atom. The average molecular weight is 286 g/mol. The Bertz CT molecular complexity index is 393. The molecule has 0 saturated carbocycles. The molecular formula is C12H16BrNO2. The van der Waals surface area contributed by atoms with Crippen LogP contribution < -0.4 is 15.2 Å². The van der Waals surface area contributed by atoms with Crippen molar-refractivity contribution in [2.75, 3.05) is 19.8 Å². The molecule has 3 nitrogen and oxygen atoms in total. The van der Waals surface area contributed by atoms with Gasteiger partial charge in [-0.05, 0) is 53.0 Å². The van der Waals surface area contributed by atoms with E-state index in [-0.39, 0.29) is 0 Å². The maximum atomic E-state index is 5.75. The van der Waals surface area contributed by atoms with Crippen LogP contribution in [0.5, 0.6) is 11.5 Å². The Kier molecular flexibility index (Phi) is 3.71. The molecule has 1 aliphatic rings. The molecule has 1 aromatic rings. The number of rotatable bonds is 2. The highest BCUT2D eigenvalue weighted by molar-refractivity contribution is 9.10. The second-order valence-electron chi connectivity index (χ2n) is 3.89. The first-order chi connectivity index (χ1) is 7.74. The van der Waals surface area contributed by atoms with Crippen molar-refractivity contribution in [3.05, 3.63) is 21.7 Å². The number of hydrogen-bond acceptors (Lipinski definition) is 3. The van der Waals surface area contributed by atoms with Gasteiger partial charge in [0.25, 0.3) is 0 Å². The Morgan fingerprint density at radius 1 is 1.31 bits per heavy atom. The van der Waals surface area contributed by atoms with E-state index in [2.05, 4.69) is 28.9 Å². The first kappa shape index (κ1) is 11.7. The topological polar surface area (TPSA) is 44.5 Å². The van der Waals surface area contributed by atoms with Gasteiger partial charge in [0.15, 0.2) is 11.5 Å². The number of halogens is 1. The highest BCUT2D eigenvalue weighted by Gasteiger charge is 2.18. The third kappa shape index (κ3) is 2.18. The zero-order valence-corrected chi connectivity index (χ0v) is 11.0. The molecule has 16 heavy (non-hydrogen) atoms. The summed E-state index contributed by atoms with van der Waals surface area (Å²) < 4.78 is 12.4. The summed E-state index contributed by atoms with van der Waals surface area (Å²) in [6, 6.07) is 2.08. The standard InChI is InChI=1S/C12H16BrNO2/c1-8-9(3-4-14)7-10(13)12-11(8)15-5-2-6-16-12/h7H,2-6,14H2,1H3. The molecule has 0 spiro atoms. The van der Waals surface area contributed by atoms with Gasteiger partial charge in [0.1, 0.15) is 0 Å². The first-order valence-corrected chi connectivity index (χ1v) is 6.31. The van der Waals surface area contributed by atoms with Crippen molar-refractivity contribution in [1.82, 2.24) is 0 Å². The van der Waals surface area contributed by atoms with Crippen LogP contribution in [-0.4, -0.2) is 19.8 Å².